The molecule has 0 saturated carbocycles. The van der Waals surface area contributed by atoms with Gasteiger partial charge in [-0.15, -0.1) is 0 Å². The van der Waals surface area contributed by atoms with Crippen molar-refractivity contribution in [1.29, 1.82) is 0 Å². The third-order valence-electron chi connectivity index (χ3n) is 3.75. The van der Waals surface area contributed by atoms with E-state index >= 15 is 0 Å². The number of carbonyl (C=O) groups excluding carboxylic acids is 2. The Morgan fingerprint density at radius 3 is 2.62 bits per heavy atom. The summed E-state index contributed by atoms with van der Waals surface area (Å²) >= 11 is 1.46. The first-order valence-corrected chi connectivity index (χ1v) is 8.68. The van der Waals surface area contributed by atoms with Crippen LogP contribution in [0.3, 0.4) is 0 Å². The predicted molar refractivity (Wildman–Crippen MR) is 96.1 cm³/mol. The van der Waals surface area contributed by atoms with Crippen LogP contribution in [-0.4, -0.2) is 23.5 Å². The van der Waals surface area contributed by atoms with Crippen LogP contribution in [-0.2, 0) is 15.2 Å². The molecule has 0 radical (unpaired) electrons. The number of hydrogen-bond donors (Lipinski definition) is 3. The number of rotatable bonds is 5. The molecule has 0 aliphatic heterocycles. The van der Waals surface area contributed by atoms with Crippen LogP contribution in [0.15, 0.2) is 41.1 Å². The lowest BCUT2D eigenvalue weighted by molar-refractivity contribution is -0.136. The third-order valence-corrected chi connectivity index (χ3v) is 4.44. The Kier molecular flexibility index (Phi) is 5.75. The monoisotopic (exact) mass is 346 g/mol. The molecule has 0 spiro atoms. The molecule has 0 saturated heterocycles. The third kappa shape index (κ3) is 4.66. The van der Waals surface area contributed by atoms with E-state index in [9.17, 15) is 14.7 Å². The summed E-state index contributed by atoms with van der Waals surface area (Å²) in [6.07, 6.45) is 0. The van der Waals surface area contributed by atoms with Crippen LogP contribution in [0.2, 0.25) is 0 Å². The number of benzene rings is 1. The van der Waals surface area contributed by atoms with Crippen molar-refractivity contribution >= 4 is 28.8 Å². The summed E-state index contributed by atoms with van der Waals surface area (Å²) in [5.41, 5.74) is 1.14. The number of carbonyl (C=O) groups is 2. The largest absolute Gasteiger partial charge is 0.384 e. The van der Waals surface area contributed by atoms with Crippen LogP contribution in [0.5, 0.6) is 0 Å². The molecule has 1 aromatic heterocycles. The van der Waals surface area contributed by atoms with E-state index in [1.165, 1.54) is 11.3 Å². The fourth-order valence-corrected chi connectivity index (χ4v) is 2.95. The highest BCUT2D eigenvalue weighted by atomic mass is 32.1. The summed E-state index contributed by atoms with van der Waals surface area (Å²) in [4.78, 5) is 23.9. The highest BCUT2D eigenvalue weighted by molar-refractivity contribution is 7.08. The van der Waals surface area contributed by atoms with E-state index in [0.29, 0.717) is 17.2 Å². The fraction of sp³-hybridized carbons (Fsp3) is 0.333. The van der Waals surface area contributed by atoms with E-state index in [2.05, 4.69) is 24.5 Å². The van der Waals surface area contributed by atoms with E-state index in [1.807, 2.05) is 29.0 Å². The Bertz CT molecular complexity index is 709. The van der Waals surface area contributed by atoms with Gasteiger partial charge < -0.3 is 15.7 Å². The molecule has 3 N–H and O–H groups in total. The molecule has 0 aliphatic rings. The van der Waals surface area contributed by atoms with Gasteiger partial charge in [0.15, 0.2) is 0 Å². The van der Waals surface area contributed by atoms with Crippen LogP contribution >= 0.6 is 11.3 Å². The highest BCUT2D eigenvalue weighted by Gasteiger charge is 2.25. The van der Waals surface area contributed by atoms with Crippen LogP contribution in [0.1, 0.15) is 37.8 Å². The lowest BCUT2D eigenvalue weighted by atomic mass is 9.99. The van der Waals surface area contributed by atoms with Gasteiger partial charge in [-0.1, -0.05) is 26.0 Å². The van der Waals surface area contributed by atoms with E-state index in [4.69, 9.17) is 0 Å². The Hall–Kier alpha value is -2.18. The average molecular weight is 346 g/mol. The number of nitrogens with one attached hydrogen (secondary N) is 2. The smallest absolute Gasteiger partial charge is 0.313 e. The zero-order valence-electron chi connectivity index (χ0n) is 14.0. The van der Waals surface area contributed by atoms with Crippen molar-refractivity contribution in [1.82, 2.24) is 5.32 Å². The molecule has 128 valence electrons. The minimum absolute atomic E-state index is 0.0397. The molecule has 1 heterocycles. The number of anilines is 1. The predicted octanol–water partition coefficient (Wildman–Crippen LogP) is 2.83. The first-order valence-electron chi connectivity index (χ1n) is 7.74. The van der Waals surface area contributed by atoms with E-state index in [0.717, 1.165) is 5.56 Å². The Labute approximate surface area is 145 Å². The van der Waals surface area contributed by atoms with Gasteiger partial charge in [0.25, 0.3) is 0 Å². The maximum Gasteiger partial charge on any atom is 0.313 e. The van der Waals surface area contributed by atoms with Gasteiger partial charge in [-0.05, 0) is 52.9 Å². The molecule has 0 bridgehead atoms. The second-order valence-electron chi connectivity index (χ2n) is 6.20. The molecule has 0 aliphatic carbocycles. The SMILES string of the molecule is CC(C)c1cccc(NC(=O)C(=O)NCC(C)(O)c2ccsc2)c1. The topological polar surface area (TPSA) is 78.4 Å². The minimum Gasteiger partial charge on any atom is -0.384 e. The average Bonchev–Trinajstić information content (AvgIpc) is 3.08. The van der Waals surface area contributed by atoms with E-state index < -0.39 is 17.4 Å². The van der Waals surface area contributed by atoms with Crippen molar-refractivity contribution in [3.63, 3.8) is 0 Å². The molecule has 2 amide bonds. The van der Waals surface area contributed by atoms with Gasteiger partial charge in [0.2, 0.25) is 0 Å². The second kappa shape index (κ2) is 7.59. The highest BCUT2D eigenvalue weighted by Crippen LogP contribution is 2.22. The molecule has 2 aromatic rings. The molecule has 1 atom stereocenters. The summed E-state index contributed by atoms with van der Waals surface area (Å²) in [5.74, 6) is -1.20. The Morgan fingerprint density at radius 2 is 2.00 bits per heavy atom. The first kappa shape index (κ1) is 18.2. The molecule has 5 nitrogen and oxygen atoms in total. The molecular formula is C18H22N2O3S. The lowest BCUT2D eigenvalue weighted by Gasteiger charge is -2.22. The van der Waals surface area contributed by atoms with Crippen molar-refractivity contribution in [2.24, 2.45) is 0 Å². The van der Waals surface area contributed by atoms with Gasteiger partial charge >= 0.3 is 11.8 Å². The maximum absolute atomic E-state index is 12.0. The number of hydrogen-bond acceptors (Lipinski definition) is 4. The molecule has 2 rings (SSSR count). The van der Waals surface area contributed by atoms with Crippen molar-refractivity contribution in [2.75, 3.05) is 11.9 Å². The van der Waals surface area contributed by atoms with Crippen molar-refractivity contribution in [2.45, 2.75) is 32.3 Å². The summed E-state index contributed by atoms with van der Waals surface area (Å²) in [6.45, 7) is 5.67. The molecule has 0 fully saturated rings. The number of thiophene rings is 1. The standard InChI is InChI=1S/C18H22N2O3S/c1-12(2)13-5-4-6-15(9-13)20-17(22)16(21)19-11-18(3,23)14-7-8-24-10-14/h4-10,12,23H,11H2,1-3H3,(H,19,21)(H,20,22). The van der Waals surface area contributed by atoms with Gasteiger partial charge in [0.05, 0.1) is 6.54 Å². The van der Waals surface area contributed by atoms with Crippen LogP contribution in [0.25, 0.3) is 0 Å². The lowest BCUT2D eigenvalue weighted by Crippen LogP contribution is -2.43. The minimum atomic E-state index is -1.21. The molecule has 1 aromatic carbocycles. The normalized spacial score (nSPS) is 13.4. The fourth-order valence-electron chi connectivity index (χ4n) is 2.17. The van der Waals surface area contributed by atoms with Crippen LogP contribution in [0.4, 0.5) is 5.69 Å². The number of aliphatic hydroxyl groups is 1. The van der Waals surface area contributed by atoms with E-state index in [-0.39, 0.29) is 6.54 Å². The van der Waals surface area contributed by atoms with Crippen molar-refractivity contribution in [3.05, 3.63) is 52.2 Å². The van der Waals surface area contributed by atoms with Crippen molar-refractivity contribution in [3.8, 4) is 0 Å². The summed E-state index contributed by atoms with van der Waals surface area (Å²) in [6, 6.07) is 9.17. The summed E-state index contributed by atoms with van der Waals surface area (Å²) in [5, 5.41) is 19.1. The van der Waals surface area contributed by atoms with E-state index in [1.54, 1.807) is 19.1 Å². The number of amides is 2. The molecule has 1 unspecified atom stereocenters. The van der Waals surface area contributed by atoms with Gasteiger partial charge in [-0.2, -0.15) is 11.3 Å². The Balaban J connectivity index is 1.93. The van der Waals surface area contributed by atoms with Crippen LogP contribution < -0.4 is 10.6 Å². The molecular weight excluding hydrogens is 324 g/mol. The Morgan fingerprint density at radius 1 is 1.25 bits per heavy atom. The first-order chi connectivity index (χ1) is 11.3. The van der Waals surface area contributed by atoms with Gasteiger partial charge in [0, 0.05) is 5.69 Å². The van der Waals surface area contributed by atoms with Crippen LogP contribution in [0, 0.1) is 0 Å². The van der Waals surface area contributed by atoms with Gasteiger partial charge in [-0.3, -0.25) is 9.59 Å². The maximum atomic E-state index is 12.0. The molecule has 24 heavy (non-hydrogen) atoms. The summed E-state index contributed by atoms with van der Waals surface area (Å²) < 4.78 is 0. The zero-order valence-corrected chi connectivity index (χ0v) is 14.8. The summed E-state index contributed by atoms with van der Waals surface area (Å²) in [7, 11) is 0. The zero-order chi connectivity index (χ0) is 17.7. The van der Waals surface area contributed by atoms with Crippen molar-refractivity contribution < 1.29 is 14.7 Å². The quantitative estimate of drug-likeness (QED) is 0.729. The molecule has 6 heteroatoms. The van der Waals surface area contributed by atoms with Gasteiger partial charge in [0.1, 0.15) is 5.60 Å². The second-order valence-corrected chi connectivity index (χ2v) is 6.98. The van der Waals surface area contributed by atoms with Gasteiger partial charge in [-0.25, -0.2) is 0 Å².